The van der Waals surface area contributed by atoms with E-state index in [-0.39, 0.29) is 0 Å². The van der Waals surface area contributed by atoms with Crippen molar-refractivity contribution in [3.05, 3.63) is 65.4 Å². The van der Waals surface area contributed by atoms with Gasteiger partial charge in [-0.05, 0) is 68.3 Å². The second kappa shape index (κ2) is 7.85. The predicted molar refractivity (Wildman–Crippen MR) is 109 cm³/mol. The van der Waals surface area contributed by atoms with Gasteiger partial charge in [0.2, 0.25) is 0 Å². The van der Waals surface area contributed by atoms with Crippen molar-refractivity contribution in [3.63, 3.8) is 0 Å². The highest BCUT2D eigenvalue weighted by molar-refractivity contribution is 5.78. The van der Waals surface area contributed by atoms with E-state index in [9.17, 15) is 0 Å². The third kappa shape index (κ3) is 4.15. The summed E-state index contributed by atoms with van der Waals surface area (Å²) in [5.41, 5.74) is 3.78. The molecule has 2 aromatic carbocycles. The Labute approximate surface area is 160 Å². The zero-order valence-corrected chi connectivity index (χ0v) is 15.7. The van der Waals surface area contributed by atoms with Crippen molar-refractivity contribution in [2.75, 3.05) is 18.4 Å². The Balaban J connectivity index is 1.40. The lowest BCUT2D eigenvalue weighted by atomic mass is 10.1. The highest BCUT2D eigenvalue weighted by Crippen LogP contribution is 2.23. The van der Waals surface area contributed by atoms with Gasteiger partial charge in [-0.3, -0.25) is 0 Å². The van der Waals surface area contributed by atoms with Crippen LogP contribution in [0.5, 0.6) is 0 Å². The summed E-state index contributed by atoms with van der Waals surface area (Å²) in [5, 5.41) is 13.5. The average Bonchev–Trinajstić information content (AvgIpc) is 3.29. The minimum absolute atomic E-state index is 0.669. The van der Waals surface area contributed by atoms with E-state index in [0.717, 1.165) is 41.9 Å². The van der Waals surface area contributed by atoms with Crippen molar-refractivity contribution in [1.82, 2.24) is 4.90 Å². The largest absolute Gasteiger partial charge is 0.461 e. The normalized spacial score (nSPS) is 17.3. The Bertz CT molecular complexity index is 969. The number of hydrogen-bond donors (Lipinski definition) is 1. The molecule has 0 radical (unpaired) electrons. The predicted octanol–water partition coefficient (Wildman–Crippen LogP) is 4.94. The maximum Gasteiger partial charge on any atom is 0.134 e. The quantitative estimate of drug-likeness (QED) is 0.677. The monoisotopic (exact) mass is 359 g/mol. The molecule has 27 heavy (non-hydrogen) atoms. The average molecular weight is 359 g/mol. The molecule has 3 aromatic rings. The minimum atomic E-state index is 0.669. The van der Waals surface area contributed by atoms with Crippen LogP contribution in [0.25, 0.3) is 11.0 Å². The van der Waals surface area contributed by atoms with Crippen LogP contribution >= 0.6 is 0 Å². The van der Waals surface area contributed by atoms with E-state index in [4.69, 9.17) is 9.68 Å². The molecule has 1 saturated heterocycles. The van der Waals surface area contributed by atoms with Crippen LogP contribution in [0.15, 0.2) is 52.9 Å². The first-order valence-corrected chi connectivity index (χ1v) is 9.71. The van der Waals surface area contributed by atoms with Crippen LogP contribution in [-0.2, 0) is 13.0 Å². The van der Waals surface area contributed by atoms with Gasteiger partial charge in [0.1, 0.15) is 11.3 Å². The molecule has 0 unspecified atom stereocenters. The summed E-state index contributed by atoms with van der Waals surface area (Å²) in [4.78, 5) is 2.55. The van der Waals surface area contributed by atoms with Crippen LogP contribution in [0.1, 0.15) is 36.7 Å². The molecule has 0 amide bonds. The number of nitriles is 1. The lowest BCUT2D eigenvalue weighted by Crippen LogP contribution is -2.28. The maximum atomic E-state index is 9.00. The number of nitrogens with zero attached hydrogens (tertiary/aromatic N) is 2. The lowest BCUT2D eigenvalue weighted by Gasteiger charge is -2.19. The second-order valence-electron chi connectivity index (χ2n) is 7.41. The van der Waals surface area contributed by atoms with Gasteiger partial charge in [0.25, 0.3) is 0 Å². The van der Waals surface area contributed by atoms with Gasteiger partial charge in [-0.15, -0.1) is 0 Å². The molecule has 1 aromatic heterocycles. The molecule has 1 aliphatic rings. The fourth-order valence-corrected chi connectivity index (χ4v) is 3.86. The fourth-order valence-electron chi connectivity index (χ4n) is 3.86. The molecular weight excluding hydrogens is 334 g/mol. The van der Waals surface area contributed by atoms with Crippen molar-refractivity contribution in [1.29, 1.82) is 5.26 Å². The summed E-state index contributed by atoms with van der Waals surface area (Å²) in [6.07, 6.45) is 3.59. The van der Waals surface area contributed by atoms with Crippen LogP contribution < -0.4 is 5.32 Å². The third-order valence-corrected chi connectivity index (χ3v) is 5.46. The highest BCUT2D eigenvalue weighted by atomic mass is 16.3. The summed E-state index contributed by atoms with van der Waals surface area (Å²) in [6.45, 7) is 5.32. The van der Waals surface area contributed by atoms with Crippen molar-refractivity contribution >= 4 is 16.7 Å². The smallest absolute Gasteiger partial charge is 0.134 e. The van der Waals surface area contributed by atoms with Crippen LogP contribution in [0.2, 0.25) is 0 Å². The van der Waals surface area contributed by atoms with Crippen molar-refractivity contribution in [2.24, 2.45) is 0 Å². The van der Waals surface area contributed by atoms with E-state index < -0.39 is 0 Å². The summed E-state index contributed by atoms with van der Waals surface area (Å²) < 4.78 is 6.03. The van der Waals surface area contributed by atoms with Crippen molar-refractivity contribution in [3.8, 4) is 6.07 Å². The Morgan fingerprint density at radius 1 is 1.22 bits per heavy atom. The SMILES string of the molecule is C[C@@H]1CCCN1CCc1cc2cc(CNc3cccc(C#N)c3)ccc2o1. The summed E-state index contributed by atoms with van der Waals surface area (Å²) >= 11 is 0. The van der Waals surface area contributed by atoms with Gasteiger partial charge in [-0.1, -0.05) is 12.1 Å². The van der Waals surface area contributed by atoms with Crippen LogP contribution in [0.3, 0.4) is 0 Å². The van der Waals surface area contributed by atoms with Crippen LogP contribution in [-0.4, -0.2) is 24.0 Å². The molecule has 2 heterocycles. The van der Waals surface area contributed by atoms with Gasteiger partial charge in [0.05, 0.1) is 11.6 Å². The first-order valence-electron chi connectivity index (χ1n) is 9.71. The molecule has 1 N–H and O–H groups in total. The molecule has 1 atom stereocenters. The Hall–Kier alpha value is -2.77. The van der Waals surface area contributed by atoms with Gasteiger partial charge in [0.15, 0.2) is 0 Å². The summed E-state index contributed by atoms with van der Waals surface area (Å²) in [5.74, 6) is 1.07. The number of anilines is 1. The second-order valence-corrected chi connectivity index (χ2v) is 7.41. The minimum Gasteiger partial charge on any atom is -0.461 e. The Morgan fingerprint density at radius 2 is 2.15 bits per heavy atom. The van der Waals surface area contributed by atoms with Crippen molar-refractivity contribution in [2.45, 2.75) is 38.8 Å². The van der Waals surface area contributed by atoms with Gasteiger partial charge >= 0.3 is 0 Å². The third-order valence-electron chi connectivity index (χ3n) is 5.46. The molecule has 0 spiro atoms. The molecule has 4 nitrogen and oxygen atoms in total. The number of nitrogens with one attached hydrogen (secondary N) is 1. The van der Waals surface area contributed by atoms with E-state index in [1.807, 2.05) is 24.3 Å². The summed E-state index contributed by atoms with van der Waals surface area (Å²) in [7, 11) is 0. The van der Waals surface area contributed by atoms with E-state index >= 15 is 0 Å². The number of hydrogen-bond acceptors (Lipinski definition) is 4. The molecule has 0 bridgehead atoms. The van der Waals surface area contributed by atoms with Gasteiger partial charge in [-0.2, -0.15) is 5.26 Å². The van der Waals surface area contributed by atoms with Gasteiger partial charge in [-0.25, -0.2) is 0 Å². The zero-order valence-electron chi connectivity index (χ0n) is 15.7. The number of furan rings is 1. The highest BCUT2D eigenvalue weighted by Gasteiger charge is 2.20. The molecule has 0 aliphatic carbocycles. The number of likely N-dealkylation sites (tertiary alicyclic amines) is 1. The molecule has 138 valence electrons. The summed E-state index contributed by atoms with van der Waals surface area (Å²) in [6, 6.07) is 18.9. The fraction of sp³-hybridized carbons (Fsp3) is 0.348. The molecule has 1 fully saturated rings. The molecule has 0 saturated carbocycles. The van der Waals surface area contributed by atoms with E-state index in [2.05, 4.69) is 47.5 Å². The Morgan fingerprint density at radius 3 is 2.96 bits per heavy atom. The number of benzene rings is 2. The Kier molecular flexibility index (Phi) is 5.13. The topological polar surface area (TPSA) is 52.2 Å². The maximum absolute atomic E-state index is 9.00. The first-order chi connectivity index (χ1) is 13.2. The van der Waals surface area contributed by atoms with Gasteiger partial charge in [0, 0.05) is 36.6 Å². The molecule has 1 aliphatic heterocycles. The first kappa shape index (κ1) is 17.6. The van der Waals surface area contributed by atoms with Crippen LogP contribution in [0, 0.1) is 11.3 Å². The molecular formula is C23H25N3O. The van der Waals surface area contributed by atoms with E-state index in [0.29, 0.717) is 11.6 Å². The molecule has 4 rings (SSSR count). The zero-order chi connectivity index (χ0) is 18.6. The standard InChI is InChI=1S/C23H25N3O/c1-17-4-3-10-26(17)11-9-22-14-20-12-19(7-8-23(20)27-22)16-25-21-6-2-5-18(13-21)15-24/h2,5-8,12-14,17,25H,3-4,9-11,16H2,1H3/t17-/m1/s1. The van der Waals surface area contributed by atoms with E-state index in [1.165, 1.54) is 24.9 Å². The lowest BCUT2D eigenvalue weighted by molar-refractivity contribution is 0.266. The molecule has 4 heteroatoms. The van der Waals surface area contributed by atoms with E-state index in [1.54, 1.807) is 0 Å². The van der Waals surface area contributed by atoms with Gasteiger partial charge < -0.3 is 14.6 Å². The number of fused-ring (bicyclic) bond motifs is 1. The number of rotatable bonds is 6. The van der Waals surface area contributed by atoms with Crippen LogP contribution in [0.4, 0.5) is 5.69 Å². The van der Waals surface area contributed by atoms with Crippen molar-refractivity contribution < 1.29 is 4.42 Å².